The Morgan fingerprint density at radius 2 is 1.75 bits per heavy atom. The fourth-order valence-corrected chi connectivity index (χ4v) is 4.15. The van der Waals surface area contributed by atoms with Gasteiger partial charge in [-0.25, -0.2) is 0 Å². The maximum absolute atomic E-state index is 13.3. The third-order valence-electron chi connectivity index (χ3n) is 5.80. The number of amides is 2. The summed E-state index contributed by atoms with van der Waals surface area (Å²) in [6.45, 7) is 6.56. The highest BCUT2D eigenvalue weighted by molar-refractivity contribution is 6.30. The van der Waals surface area contributed by atoms with Gasteiger partial charge in [-0.05, 0) is 36.2 Å². The molecule has 7 nitrogen and oxygen atoms in total. The predicted octanol–water partition coefficient (Wildman–Crippen LogP) is 2.97. The van der Waals surface area contributed by atoms with Gasteiger partial charge in [-0.15, -0.1) is 0 Å². The normalized spacial score (nSPS) is 18.9. The first kappa shape index (κ1) is 22.3. The van der Waals surface area contributed by atoms with Crippen LogP contribution in [-0.4, -0.2) is 61.6 Å². The smallest absolute Gasteiger partial charge is 0.265 e. The summed E-state index contributed by atoms with van der Waals surface area (Å²) in [7, 11) is 0. The molecule has 0 unspecified atom stereocenters. The Morgan fingerprint density at radius 3 is 2.44 bits per heavy atom. The molecular weight excluding hydrogens is 430 g/mol. The third kappa shape index (κ3) is 4.93. The first-order chi connectivity index (χ1) is 15.4. The molecule has 2 aliphatic heterocycles. The summed E-state index contributed by atoms with van der Waals surface area (Å²) in [5.74, 6) is 0.670. The Bertz CT molecular complexity index is 975. The monoisotopic (exact) mass is 457 g/mol. The summed E-state index contributed by atoms with van der Waals surface area (Å²) >= 11 is 6.11. The Labute approximate surface area is 193 Å². The molecule has 0 bridgehead atoms. The molecule has 2 aliphatic rings. The molecule has 1 saturated heterocycles. The summed E-state index contributed by atoms with van der Waals surface area (Å²) in [5.41, 5.74) is 1.05. The van der Waals surface area contributed by atoms with E-state index in [2.05, 4.69) is 10.2 Å². The molecule has 0 spiro atoms. The van der Waals surface area contributed by atoms with E-state index < -0.39 is 12.1 Å². The molecule has 2 heterocycles. The largest absolute Gasteiger partial charge is 0.485 e. The molecule has 0 aromatic heterocycles. The number of rotatable bonds is 5. The van der Waals surface area contributed by atoms with Crippen LogP contribution in [-0.2, 0) is 9.59 Å². The third-order valence-corrected chi connectivity index (χ3v) is 6.03. The minimum absolute atomic E-state index is 0.0609. The lowest BCUT2D eigenvalue weighted by Gasteiger charge is -2.38. The minimum Gasteiger partial charge on any atom is -0.485 e. The number of halogens is 1. The van der Waals surface area contributed by atoms with Crippen LogP contribution in [0, 0.1) is 5.92 Å². The van der Waals surface area contributed by atoms with Crippen molar-refractivity contribution in [2.45, 2.75) is 26.0 Å². The molecule has 2 amide bonds. The molecule has 170 valence electrons. The number of nitrogens with one attached hydrogen (secondary N) is 1. The van der Waals surface area contributed by atoms with E-state index in [4.69, 9.17) is 21.1 Å². The predicted molar refractivity (Wildman–Crippen MR) is 123 cm³/mol. The Morgan fingerprint density at radius 1 is 1.03 bits per heavy atom. The van der Waals surface area contributed by atoms with Gasteiger partial charge in [0.2, 0.25) is 12.0 Å². The van der Waals surface area contributed by atoms with Crippen molar-refractivity contribution < 1.29 is 19.1 Å². The highest BCUT2D eigenvalue weighted by atomic mass is 35.5. The number of carbonyl (C=O) groups excluding carboxylic acids is 2. The number of benzene rings is 2. The molecular formula is C24H28ClN3O4. The van der Waals surface area contributed by atoms with Crippen molar-refractivity contribution in [1.82, 2.24) is 10.2 Å². The topological polar surface area (TPSA) is 71.1 Å². The second-order valence-corrected chi connectivity index (χ2v) is 8.82. The lowest BCUT2D eigenvalue weighted by Crippen LogP contribution is -2.58. The van der Waals surface area contributed by atoms with Crippen LogP contribution in [0.5, 0.6) is 11.5 Å². The van der Waals surface area contributed by atoms with Gasteiger partial charge in [0.25, 0.3) is 5.91 Å². The van der Waals surface area contributed by atoms with Gasteiger partial charge in [0.15, 0.2) is 11.5 Å². The van der Waals surface area contributed by atoms with Gasteiger partial charge < -0.3 is 24.6 Å². The number of fused-ring (bicyclic) bond motifs is 1. The Balaban J connectivity index is 1.36. The molecule has 2 aromatic carbocycles. The van der Waals surface area contributed by atoms with Crippen LogP contribution in [0.3, 0.4) is 0 Å². The molecule has 4 rings (SSSR count). The molecule has 0 radical (unpaired) electrons. The second kappa shape index (κ2) is 9.69. The molecule has 8 heteroatoms. The molecule has 1 N–H and O–H groups in total. The first-order valence-corrected chi connectivity index (χ1v) is 11.3. The van der Waals surface area contributed by atoms with Crippen molar-refractivity contribution in [1.29, 1.82) is 0 Å². The van der Waals surface area contributed by atoms with E-state index in [0.717, 1.165) is 5.69 Å². The SMILES string of the molecule is CC(C)[C@H](NC(=O)[C@@H]1COc2ccccc2O1)C(=O)N1CCN(c2cccc(Cl)c2)CC1. The Hall–Kier alpha value is -2.93. The van der Waals surface area contributed by atoms with Crippen molar-refractivity contribution in [3.8, 4) is 11.5 Å². The number of piperazine rings is 1. The van der Waals surface area contributed by atoms with E-state index >= 15 is 0 Å². The minimum atomic E-state index is -0.793. The van der Waals surface area contributed by atoms with Crippen LogP contribution in [0.15, 0.2) is 48.5 Å². The Kier molecular flexibility index (Phi) is 6.74. The lowest BCUT2D eigenvalue weighted by molar-refractivity contribution is -0.140. The van der Waals surface area contributed by atoms with Crippen molar-refractivity contribution in [3.05, 3.63) is 53.6 Å². The maximum Gasteiger partial charge on any atom is 0.265 e. The summed E-state index contributed by atoms with van der Waals surface area (Å²) < 4.78 is 11.4. The van der Waals surface area contributed by atoms with Crippen molar-refractivity contribution in [2.75, 3.05) is 37.7 Å². The summed E-state index contributed by atoms with van der Waals surface area (Å²) in [6.07, 6.45) is -0.793. The van der Waals surface area contributed by atoms with Gasteiger partial charge >= 0.3 is 0 Å². The van der Waals surface area contributed by atoms with Gasteiger partial charge in [0, 0.05) is 36.9 Å². The van der Waals surface area contributed by atoms with Gasteiger partial charge in [-0.2, -0.15) is 0 Å². The fourth-order valence-electron chi connectivity index (χ4n) is 3.96. The van der Waals surface area contributed by atoms with E-state index in [1.165, 1.54) is 0 Å². The second-order valence-electron chi connectivity index (χ2n) is 8.39. The number of carbonyl (C=O) groups is 2. The quantitative estimate of drug-likeness (QED) is 0.747. The first-order valence-electron chi connectivity index (χ1n) is 10.9. The average molecular weight is 458 g/mol. The number of ether oxygens (including phenoxy) is 2. The molecule has 2 atom stereocenters. The van der Waals surface area contributed by atoms with Gasteiger partial charge in [-0.1, -0.05) is 43.6 Å². The van der Waals surface area contributed by atoms with Crippen LogP contribution >= 0.6 is 11.6 Å². The fraction of sp³-hybridized carbons (Fsp3) is 0.417. The molecule has 1 fully saturated rings. The number of hydrogen-bond acceptors (Lipinski definition) is 5. The zero-order chi connectivity index (χ0) is 22.7. The van der Waals surface area contributed by atoms with Crippen LogP contribution < -0.4 is 19.7 Å². The lowest BCUT2D eigenvalue weighted by atomic mass is 10.0. The number of nitrogens with zero attached hydrogens (tertiary/aromatic N) is 2. The van der Waals surface area contributed by atoms with Crippen molar-refractivity contribution in [3.63, 3.8) is 0 Å². The zero-order valence-electron chi connectivity index (χ0n) is 18.3. The number of para-hydroxylation sites is 2. The van der Waals surface area contributed by atoms with Crippen LogP contribution in [0.4, 0.5) is 5.69 Å². The van der Waals surface area contributed by atoms with Gasteiger partial charge in [-0.3, -0.25) is 9.59 Å². The van der Waals surface area contributed by atoms with Gasteiger partial charge in [0.05, 0.1) is 0 Å². The summed E-state index contributed by atoms with van der Waals surface area (Å²) in [4.78, 5) is 30.2. The highest BCUT2D eigenvalue weighted by Crippen LogP contribution is 2.31. The molecule has 32 heavy (non-hydrogen) atoms. The standard InChI is InChI=1S/C24H28ClN3O4/c1-16(2)22(26-23(29)21-15-31-19-8-3-4-9-20(19)32-21)24(30)28-12-10-27(11-13-28)18-7-5-6-17(25)14-18/h3-9,14,16,21-22H,10-13,15H2,1-2H3,(H,26,29)/t21-,22-/m0/s1. The van der Waals surface area contributed by atoms with Crippen LogP contribution in [0.2, 0.25) is 5.02 Å². The molecule has 2 aromatic rings. The van der Waals surface area contributed by atoms with E-state index in [0.29, 0.717) is 42.7 Å². The zero-order valence-corrected chi connectivity index (χ0v) is 19.0. The highest BCUT2D eigenvalue weighted by Gasteiger charge is 2.34. The molecule has 0 aliphatic carbocycles. The number of anilines is 1. The van der Waals surface area contributed by atoms with E-state index in [9.17, 15) is 9.59 Å². The van der Waals surface area contributed by atoms with Crippen LogP contribution in [0.25, 0.3) is 0 Å². The van der Waals surface area contributed by atoms with Crippen molar-refractivity contribution in [2.24, 2.45) is 5.92 Å². The maximum atomic E-state index is 13.3. The van der Waals surface area contributed by atoms with E-state index in [1.54, 1.807) is 12.1 Å². The van der Waals surface area contributed by atoms with E-state index in [-0.39, 0.29) is 24.3 Å². The van der Waals surface area contributed by atoms with Gasteiger partial charge in [0.1, 0.15) is 12.6 Å². The summed E-state index contributed by atoms with van der Waals surface area (Å²) in [5, 5.41) is 3.59. The average Bonchev–Trinajstić information content (AvgIpc) is 2.81. The number of hydrogen-bond donors (Lipinski definition) is 1. The van der Waals surface area contributed by atoms with E-state index in [1.807, 2.05) is 55.1 Å². The molecule has 0 saturated carbocycles. The summed E-state index contributed by atoms with van der Waals surface area (Å²) in [6, 6.07) is 14.3. The van der Waals surface area contributed by atoms with Crippen molar-refractivity contribution >= 4 is 29.1 Å². The van der Waals surface area contributed by atoms with Crippen LogP contribution in [0.1, 0.15) is 13.8 Å².